The molecule has 25 heavy (non-hydrogen) atoms. The predicted octanol–water partition coefficient (Wildman–Crippen LogP) is 1.94. The standard InChI is InChI=1S/C17H20N4O4/c1-10-7-14(19-11(2)18-10)17(23)20-12-5-6-15(25-4)13(8-12)21-16(22)9-24-3/h5-8H,9H2,1-4H3,(H,20,23)(H,21,22). The Morgan fingerprint density at radius 2 is 1.84 bits per heavy atom. The third-order valence-electron chi connectivity index (χ3n) is 3.21. The van der Waals surface area contributed by atoms with Crippen molar-refractivity contribution < 1.29 is 19.1 Å². The molecule has 8 nitrogen and oxygen atoms in total. The summed E-state index contributed by atoms with van der Waals surface area (Å²) in [5.74, 6) is 0.294. The monoisotopic (exact) mass is 344 g/mol. The number of carbonyl (C=O) groups excluding carboxylic acids is 2. The maximum Gasteiger partial charge on any atom is 0.274 e. The first-order chi connectivity index (χ1) is 11.9. The van der Waals surface area contributed by atoms with E-state index in [2.05, 4.69) is 20.6 Å². The molecule has 0 radical (unpaired) electrons. The molecule has 1 aromatic heterocycles. The molecule has 1 aromatic carbocycles. The van der Waals surface area contributed by atoms with Gasteiger partial charge in [-0.2, -0.15) is 0 Å². The molecule has 1 heterocycles. The van der Waals surface area contributed by atoms with Crippen LogP contribution in [0.3, 0.4) is 0 Å². The number of ether oxygens (including phenoxy) is 2. The molecule has 0 saturated heterocycles. The van der Waals surface area contributed by atoms with Crippen molar-refractivity contribution in [2.24, 2.45) is 0 Å². The van der Waals surface area contributed by atoms with Gasteiger partial charge in [-0.1, -0.05) is 0 Å². The Balaban J connectivity index is 2.21. The van der Waals surface area contributed by atoms with E-state index >= 15 is 0 Å². The number of anilines is 2. The zero-order chi connectivity index (χ0) is 18.4. The first kappa shape index (κ1) is 18.3. The summed E-state index contributed by atoms with van der Waals surface area (Å²) in [6.45, 7) is 3.43. The summed E-state index contributed by atoms with van der Waals surface area (Å²) in [5.41, 5.74) is 1.90. The molecular formula is C17H20N4O4. The third kappa shape index (κ3) is 4.98. The minimum Gasteiger partial charge on any atom is -0.495 e. The molecule has 2 amide bonds. The second-order valence-corrected chi connectivity index (χ2v) is 5.29. The Morgan fingerprint density at radius 3 is 2.48 bits per heavy atom. The summed E-state index contributed by atoms with van der Waals surface area (Å²) in [4.78, 5) is 32.4. The lowest BCUT2D eigenvalue weighted by molar-refractivity contribution is -0.119. The van der Waals surface area contributed by atoms with Gasteiger partial charge in [0.1, 0.15) is 23.9 Å². The number of nitrogens with one attached hydrogen (secondary N) is 2. The smallest absolute Gasteiger partial charge is 0.274 e. The maximum atomic E-state index is 12.4. The zero-order valence-electron chi connectivity index (χ0n) is 14.5. The maximum absolute atomic E-state index is 12.4. The first-order valence-electron chi connectivity index (χ1n) is 7.53. The van der Waals surface area contributed by atoms with E-state index in [0.717, 1.165) is 0 Å². The van der Waals surface area contributed by atoms with Crippen LogP contribution in [0.15, 0.2) is 24.3 Å². The van der Waals surface area contributed by atoms with E-state index in [1.807, 2.05) is 0 Å². The lowest BCUT2D eigenvalue weighted by Crippen LogP contribution is -2.18. The van der Waals surface area contributed by atoms with Crippen molar-refractivity contribution >= 4 is 23.2 Å². The fourth-order valence-corrected chi connectivity index (χ4v) is 2.23. The van der Waals surface area contributed by atoms with Gasteiger partial charge in [-0.3, -0.25) is 9.59 Å². The quantitative estimate of drug-likeness (QED) is 0.830. The van der Waals surface area contributed by atoms with Crippen molar-refractivity contribution in [3.05, 3.63) is 41.5 Å². The van der Waals surface area contributed by atoms with Crippen molar-refractivity contribution in [2.75, 3.05) is 31.5 Å². The number of carbonyl (C=O) groups is 2. The largest absolute Gasteiger partial charge is 0.495 e. The van der Waals surface area contributed by atoms with Gasteiger partial charge < -0.3 is 20.1 Å². The minimum atomic E-state index is -0.368. The van der Waals surface area contributed by atoms with E-state index in [-0.39, 0.29) is 24.1 Å². The van der Waals surface area contributed by atoms with E-state index in [9.17, 15) is 9.59 Å². The van der Waals surface area contributed by atoms with Crippen molar-refractivity contribution in [3.8, 4) is 5.75 Å². The summed E-state index contributed by atoms with van der Waals surface area (Å²) in [7, 11) is 2.92. The second kappa shape index (κ2) is 8.20. The van der Waals surface area contributed by atoms with Crippen molar-refractivity contribution in [1.82, 2.24) is 9.97 Å². The van der Waals surface area contributed by atoms with Gasteiger partial charge in [-0.05, 0) is 38.1 Å². The molecular weight excluding hydrogens is 324 g/mol. The molecule has 132 valence electrons. The summed E-state index contributed by atoms with van der Waals surface area (Å²) < 4.78 is 10.00. The van der Waals surface area contributed by atoms with Crippen molar-refractivity contribution in [3.63, 3.8) is 0 Å². The van der Waals surface area contributed by atoms with E-state index < -0.39 is 0 Å². The number of rotatable bonds is 6. The highest BCUT2D eigenvalue weighted by atomic mass is 16.5. The van der Waals surface area contributed by atoms with Crippen LogP contribution in [0.25, 0.3) is 0 Å². The highest BCUT2D eigenvalue weighted by molar-refractivity contribution is 6.03. The normalized spacial score (nSPS) is 10.2. The molecule has 0 aliphatic rings. The average molecular weight is 344 g/mol. The third-order valence-corrected chi connectivity index (χ3v) is 3.21. The summed E-state index contributed by atoms with van der Waals surface area (Å²) in [5, 5.41) is 5.41. The van der Waals surface area contributed by atoms with Crippen molar-refractivity contribution in [1.29, 1.82) is 0 Å². The fourth-order valence-electron chi connectivity index (χ4n) is 2.23. The number of aromatic nitrogens is 2. The Labute approximate surface area is 145 Å². The minimum absolute atomic E-state index is 0.0841. The van der Waals surface area contributed by atoms with Crippen LogP contribution < -0.4 is 15.4 Å². The van der Waals surface area contributed by atoms with Gasteiger partial charge in [0.25, 0.3) is 5.91 Å². The molecule has 2 aromatic rings. The Kier molecular flexibility index (Phi) is 6.02. The average Bonchev–Trinajstić information content (AvgIpc) is 2.54. The van der Waals surface area contributed by atoms with Gasteiger partial charge in [0, 0.05) is 18.5 Å². The van der Waals surface area contributed by atoms with Crippen LogP contribution in [-0.2, 0) is 9.53 Å². The fraction of sp³-hybridized carbons (Fsp3) is 0.294. The summed E-state index contributed by atoms with van der Waals surface area (Å²) in [6.07, 6.45) is 0. The van der Waals surface area contributed by atoms with Gasteiger partial charge >= 0.3 is 0 Å². The molecule has 2 rings (SSSR count). The number of aryl methyl sites for hydroxylation is 2. The summed E-state index contributed by atoms with van der Waals surface area (Å²) in [6, 6.07) is 6.52. The molecule has 8 heteroatoms. The molecule has 2 N–H and O–H groups in total. The van der Waals surface area contributed by atoms with E-state index in [1.165, 1.54) is 14.2 Å². The molecule has 0 bridgehead atoms. The number of methoxy groups -OCH3 is 2. The van der Waals surface area contributed by atoms with Crippen LogP contribution in [0.5, 0.6) is 5.75 Å². The van der Waals surface area contributed by atoms with Crippen LogP contribution in [-0.4, -0.2) is 42.6 Å². The number of nitrogens with zero attached hydrogens (tertiary/aromatic N) is 2. The van der Waals surface area contributed by atoms with E-state index in [4.69, 9.17) is 9.47 Å². The first-order valence-corrected chi connectivity index (χ1v) is 7.53. The molecule has 0 unspecified atom stereocenters. The van der Waals surface area contributed by atoms with Crippen LogP contribution in [0.1, 0.15) is 22.0 Å². The van der Waals surface area contributed by atoms with Crippen molar-refractivity contribution in [2.45, 2.75) is 13.8 Å². The number of hydrogen-bond donors (Lipinski definition) is 2. The second-order valence-electron chi connectivity index (χ2n) is 5.29. The highest BCUT2D eigenvalue weighted by Crippen LogP contribution is 2.28. The topological polar surface area (TPSA) is 102 Å². The number of hydrogen-bond acceptors (Lipinski definition) is 6. The molecule has 0 atom stereocenters. The lowest BCUT2D eigenvalue weighted by atomic mass is 10.2. The Morgan fingerprint density at radius 1 is 1.08 bits per heavy atom. The zero-order valence-corrected chi connectivity index (χ0v) is 14.5. The van der Waals surface area contributed by atoms with Crippen LogP contribution in [0, 0.1) is 13.8 Å². The van der Waals surface area contributed by atoms with Crippen LogP contribution in [0.4, 0.5) is 11.4 Å². The summed E-state index contributed by atoms with van der Waals surface area (Å²) >= 11 is 0. The molecule has 0 spiro atoms. The van der Waals surface area contributed by atoms with Crippen LogP contribution in [0.2, 0.25) is 0 Å². The van der Waals surface area contributed by atoms with Gasteiger partial charge in [0.05, 0.1) is 12.8 Å². The van der Waals surface area contributed by atoms with E-state index in [0.29, 0.717) is 28.6 Å². The van der Waals surface area contributed by atoms with E-state index in [1.54, 1.807) is 38.1 Å². The van der Waals surface area contributed by atoms with Gasteiger partial charge in [0.15, 0.2) is 0 Å². The number of benzene rings is 1. The Hall–Kier alpha value is -3.00. The SMILES string of the molecule is COCC(=O)Nc1cc(NC(=O)c2cc(C)nc(C)n2)ccc1OC. The molecule has 0 aliphatic carbocycles. The van der Waals surface area contributed by atoms with Gasteiger partial charge in [-0.25, -0.2) is 9.97 Å². The van der Waals surface area contributed by atoms with Gasteiger partial charge in [0.2, 0.25) is 5.91 Å². The lowest BCUT2D eigenvalue weighted by Gasteiger charge is -2.12. The van der Waals surface area contributed by atoms with Gasteiger partial charge in [-0.15, -0.1) is 0 Å². The van der Waals surface area contributed by atoms with Crippen LogP contribution >= 0.6 is 0 Å². The molecule has 0 fully saturated rings. The molecule has 0 saturated carbocycles. The molecule has 0 aliphatic heterocycles. The predicted molar refractivity (Wildman–Crippen MR) is 93.0 cm³/mol. The number of amides is 2. The highest BCUT2D eigenvalue weighted by Gasteiger charge is 2.13. The Bertz CT molecular complexity index is 772.